The number of hydrogen-bond donors (Lipinski definition) is 1. The summed E-state index contributed by atoms with van der Waals surface area (Å²) in [7, 11) is 2.15. The standard InChI is InChI=1S/C15H23N5O/c1-12-9-13-11-20(15(21)17-14(13)16-10-12)8-7-19-5-3-18(2)4-6-19/h9-10H,3-8,11H2,1-2H3,(H,16,17,21). The Labute approximate surface area is 125 Å². The van der Waals surface area contributed by atoms with E-state index in [1.54, 1.807) is 6.20 Å². The van der Waals surface area contributed by atoms with E-state index in [0.29, 0.717) is 12.4 Å². The molecule has 0 atom stereocenters. The molecule has 21 heavy (non-hydrogen) atoms. The molecule has 1 aromatic heterocycles. The van der Waals surface area contributed by atoms with Crippen LogP contribution in [0.5, 0.6) is 0 Å². The molecule has 0 saturated carbocycles. The van der Waals surface area contributed by atoms with E-state index < -0.39 is 0 Å². The maximum Gasteiger partial charge on any atom is 0.323 e. The van der Waals surface area contributed by atoms with Crippen molar-refractivity contribution in [1.82, 2.24) is 19.7 Å². The molecule has 1 aromatic rings. The number of hydrogen-bond acceptors (Lipinski definition) is 4. The van der Waals surface area contributed by atoms with Crippen LogP contribution in [0.25, 0.3) is 0 Å². The number of carbonyl (C=O) groups is 1. The number of amides is 2. The highest BCUT2D eigenvalue weighted by Crippen LogP contribution is 2.21. The average molecular weight is 289 g/mol. The molecular formula is C15H23N5O. The number of carbonyl (C=O) groups excluding carboxylic acids is 1. The summed E-state index contributed by atoms with van der Waals surface area (Å²) in [5.74, 6) is 0.710. The molecule has 1 saturated heterocycles. The first-order valence-electron chi connectivity index (χ1n) is 7.54. The Morgan fingerprint density at radius 3 is 2.76 bits per heavy atom. The van der Waals surface area contributed by atoms with Gasteiger partial charge in [0.25, 0.3) is 0 Å². The van der Waals surface area contributed by atoms with Crippen LogP contribution >= 0.6 is 0 Å². The van der Waals surface area contributed by atoms with Gasteiger partial charge in [-0.05, 0) is 25.6 Å². The minimum Gasteiger partial charge on any atom is -0.319 e. The van der Waals surface area contributed by atoms with Crippen molar-refractivity contribution in [3.8, 4) is 0 Å². The van der Waals surface area contributed by atoms with E-state index in [0.717, 1.165) is 50.4 Å². The second-order valence-corrected chi connectivity index (χ2v) is 6.02. The number of urea groups is 1. The number of likely N-dealkylation sites (N-methyl/N-ethyl adjacent to an activating group) is 1. The third kappa shape index (κ3) is 3.33. The van der Waals surface area contributed by atoms with Crippen molar-refractivity contribution >= 4 is 11.8 Å². The van der Waals surface area contributed by atoms with Crippen LogP contribution in [-0.4, -0.2) is 72.0 Å². The first-order valence-corrected chi connectivity index (χ1v) is 7.54. The summed E-state index contributed by atoms with van der Waals surface area (Å²) in [6, 6.07) is 2.07. The lowest BCUT2D eigenvalue weighted by Crippen LogP contribution is -2.48. The number of piperazine rings is 1. The average Bonchev–Trinajstić information content (AvgIpc) is 2.47. The number of aryl methyl sites for hydroxylation is 1. The fraction of sp³-hybridized carbons (Fsp3) is 0.600. The molecule has 0 bridgehead atoms. The molecule has 1 N–H and O–H groups in total. The monoisotopic (exact) mass is 289 g/mol. The number of pyridine rings is 1. The Morgan fingerprint density at radius 1 is 1.24 bits per heavy atom. The highest BCUT2D eigenvalue weighted by Gasteiger charge is 2.24. The van der Waals surface area contributed by atoms with Gasteiger partial charge < -0.3 is 9.80 Å². The van der Waals surface area contributed by atoms with Crippen molar-refractivity contribution in [3.05, 3.63) is 23.4 Å². The molecular weight excluding hydrogens is 266 g/mol. The van der Waals surface area contributed by atoms with Gasteiger partial charge in [0.15, 0.2) is 0 Å². The zero-order chi connectivity index (χ0) is 14.8. The minimum atomic E-state index is -0.0343. The van der Waals surface area contributed by atoms with E-state index in [2.05, 4.69) is 33.2 Å². The van der Waals surface area contributed by atoms with Crippen LogP contribution < -0.4 is 5.32 Å². The van der Waals surface area contributed by atoms with E-state index in [4.69, 9.17) is 0 Å². The molecule has 0 unspecified atom stereocenters. The number of fused-ring (bicyclic) bond motifs is 1. The first kappa shape index (κ1) is 14.3. The van der Waals surface area contributed by atoms with Crippen LogP contribution in [0.15, 0.2) is 12.3 Å². The molecule has 0 aliphatic carbocycles. The van der Waals surface area contributed by atoms with Gasteiger partial charge in [-0.2, -0.15) is 0 Å². The summed E-state index contributed by atoms with van der Waals surface area (Å²) in [5.41, 5.74) is 2.23. The van der Waals surface area contributed by atoms with Crippen molar-refractivity contribution in [1.29, 1.82) is 0 Å². The molecule has 2 aliphatic rings. The normalized spacial score (nSPS) is 20.3. The number of anilines is 1. The van der Waals surface area contributed by atoms with Crippen molar-refractivity contribution in [2.24, 2.45) is 0 Å². The van der Waals surface area contributed by atoms with Crippen LogP contribution in [-0.2, 0) is 6.54 Å². The van der Waals surface area contributed by atoms with E-state index in [9.17, 15) is 4.79 Å². The van der Waals surface area contributed by atoms with Gasteiger partial charge in [0.1, 0.15) is 5.82 Å². The number of aromatic nitrogens is 1. The van der Waals surface area contributed by atoms with Gasteiger partial charge in [0.2, 0.25) is 0 Å². The number of nitrogens with zero attached hydrogens (tertiary/aromatic N) is 4. The summed E-state index contributed by atoms with van der Waals surface area (Å²) in [6.07, 6.45) is 1.79. The third-order valence-corrected chi connectivity index (χ3v) is 4.26. The van der Waals surface area contributed by atoms with Gasteiger partial charge in [-0.1, -0.05) is 0 Å². The second kappa shape index (κ2) is 5.99. The molecule has 0 spiro atoms. The molecule has 3 heterocycles. The first-order chi connectivity index (χ1) is 10.1. The Hall–Kier alpha value is -1.66. The predicted molar refractivity (Wildman–Crippen MR) is 82.3 cm³/mol. The van der Waals surface area contributed by atoms with Crippen molar-refractivity contribution in [3.63, 3.8) is 0 Å². The van der Waals surface area contributed by atoms with Crippen molar-refractivity contribution in [2.75, 3.05) is 51.6 Å². The summed E-state index contributed by atoms with van der Waals surface area (Å²) in [6.45, 7) is 8.78. The SMILES string of the molecule is Cc1cnc2c(c1)CN(CCN1CCN(C)CC1)C(=O)N2. The summed E-state index contributed by atoms with van der Waals surface area (Å²) in [5, 5.41) is 2.88. The van der Waals surface area contributed by atoms with Crippen LogP contribution in [0.1, 0.15) is 11.1 Å². The fourth-order valence-corrected chi connectivity index (χ4v) is 2.83. The molecule has 2 aliphatic heterocycles. The van der Waals surface area contributed by atoms with Gasteiger partial charge in [0, 0.05) is 51.0 Å². The quantitative estimate of drug-likeness (QED) is 0.901. The lowest BCUT2D eigenvalue weighted by Gasteiger charge is -2.35. The van der Waals surface area contributed by atoms with Gasteiger partial charge in [-0.25, -0.2) is 9.78 Å². The number of rotatable bonds is 3. The minimum absolute atomic E-state index is 0.0343. The topological polar surface area (TPSA) is 51.7 Å². The molecule has 114 valence electrons. The Bertz CT molecular complexity index is 525. The summed E-state index contributed by atoms with van der Waals surface area (Å²) < 4.78 is 0. The van der Waals surface area contributed by atoms with E-state index in [-0.39, 0.29) is 6.03 Å². The maximum absolute atomic E-state index is 12.1. The van der Waals surface area contributed by atoms with Gasteiger partial charge in [-0.3, -0.25) is 10.2 Å². The van der Waals surface area contributed by atoms with Crippen LogP contribution in [0.4, 0.5) is 10.6 Å². The van der Waals surface area contributed by atoms with Crippen LogP contribution in [0.2, 0.25) is 0 Å². The molecule has 2 amide bonds. The molecule has 0 radical (unpaired) electrons. The largest absolute Gasteiger partial charge is 0.323 e. The van der Waals surface area contributed by atoms with Gasteiger partial charge in [0.05, 0.1) is 6.54 Å². The molecule has 1 fully saturated rings. The Balaban J connectivity index is 1.58. The van der Waals surface area contributed by atoms with Crippen LogP contribution in [0, 0.1) is 6.92 Å². The molecule has 6 heteroatoms. The second-order valence-electron chi connectivity index (χ2n) is 6.02. The predicted octanol–water partition coefficient (Wildman–Crippen LogP) is 0.985. The van der Waals surface area contributed by atoms with Gasteiger partial charge >= 0.3 is 6.03 Å². The smallest absolute Gasteiger partial charge is 0.319 e. The van der Waals surface area contributed by atoms with E-state index in [1.807, 2.05) is 11.8 Å². The lowest BCUT2D eigenvalue weighted by molar-refractivity contribution is 0.138. The Kier molecular flexibility index (Phi) is 4.07. The molecule has 0 aromatic carbocycles. The summed E-state index contributed by atoms with van der Waals surface area (Å²) >= 11 is 0. The van der Waals surface area contributed by atoms with Crippen LogP contribution in [0.3, 0.4) is 0 Å². The summed E-state index contributed by atoms with van der Waals surface area (Å²) in [4.78, 5) is 23.0. The zero-order valence-corrected chi connectivity index (χ0v) is 12.8. The molecule has 3 rings (SSSR count). The van der Waals surface area contributed by atoms with Crippen molar-refractivity contribution in [2.45, 2.75) is 13.5 Å². The number of nitrogens with one attached hydrogen (secondary N) is 1. The highest BCUT2D eigenvalue weighted by molar-refractivity contribution is 5.91. The molecule has 6 nitrogen and oxygen atoms in total. The van der Waals surface area contributed by atoms with Gasteiger partial charge in [-0.15, -0.1) is 0 Å². The third-order valence-electron chi connectivity index (χ3n) is 4.26. The zero-order valence-electron chi connectivity index (χ0n) is 12.8. The van der Waals surface area contributed by atoms with E-state index in [1.165, 1.54) is 0 Å². The van der Waals surface area contributed by atoms with E-state index >= 15 is 0 Å². The highest BCUT2D eigenvalue weighted by atomic mass is 16.2. The maximum atomic E-state index is 12.1. The van der Waals surface area contributed by atoms with Crippen molar-refractivity contribution < 1.29 is 4.79 Å². The Morgan fingerprint density at radius 2 is 2.00 bits per heavy atom. The lowest BCUT2D eigenvalue weighted by atomic mass is 10.1. The fourth-order valence-electron chi connectivity index (χ4n) is 2.83.